The fraction of sp³-hybridized carbons (Fsp3) is 0.929. The number of unbranched alkanes of at least 4 members (excludes halogenated alkanes) is 1. The maximum Gasteiger partial charge on any atom is 0.234 e. The predicted molar refractivity (Wildman–Crippen MR) is 77.5 cm³/mol. The molecule has 4 nitrogen and oxygen atoms in total. The minimum Gasteiger partial charge on any atom is -0.355 e. The highest BCUT2D eigenvalue weighted by atomic mass is 16.2. The summed E-state index contributed by atoms with van der Waals surface area (Å²) >= 11 is 0. The molecule has 0 bridgehead atoms. The number of likely N-dealkylation sites (N-methyl/N-ethyl adjacent to an activating group) is 2. The van der Waals surface area contributed by atoms with Crippen molar-refractivity contribution < 1.29 is 4.79 Å². The van der Waals surface area contributed by atoms with Crippen molar-refractivity contribution in [3.8, 4) is 0 Å². The summed E-state index contributed by atoms with van der Waals surface area (Å²) < 4.78 is 0. The number of carbonyl (C=O) groups excluding carboxylic acids is 1. The van der Waals surface area contributed by atoms with Crippen molar-refractivity contribution in [3.63, 3.8) is 0 Å². The van der Waals surface area contributed by atoms with Gasteiger partial charge in [-0.15, -0.1) is 0 Å². The van der Waals surface area contributed by atoms with Crippen LogP contribution in [0.5, 0.6) is 0 Å². The van der Waals surface area contributed by atoms with Gasteiger partial charge in [-0.05, 0) is 44.8 Å². The zero-order valence-corrected chi connectivity index (χ0v) is 12.6. The van der Waals surface area contributed by atoms with E-state index >= 15 is 0 Å². The van der Waals surface area contributed by atoms with Crippen LogP contribution in [0.1, 0.15) is 47.0 Å². The van der Waals surface area contributed by atoms with E-state index in [1.54, 1.807) is 0 Å². The Morgan fingerprint density at radius 2 is 1.94 bits per heavy atom. The first-order valence-corrected chi connectivity index (χ1v) is 7.14. The molecule has 4 heteroatoms. The maximum atomic E-state index is 11.5. The molecule has 1 amide bonds. The quantitative estimate of drug-likeness (QED) is 0.584. The van der Waals surface area contributed by atoms with Gasteiger partial charge in [0, 0.05) is 6.54 Å². The normalized spacial score (nSPS) is 11.9. The third-order valence-corrected chi connectivity index (χ3v) is 3.32. The Balaban J connectivity index is 3.77. The van der Waals surface area contributed by atoms with Crippen LogP contribution in [0.3, 0.4) is 0 Å². The van der Waals surface area contributed by atoms with Crippen LogP contribution in [0.15, 0.2) is 0 Å². The third kappa shape index (κ3) is 8.48. The largest absolute Gasteiger partial charge is 0.355 e. The van der Waals surface area contributed by atoms with Crippen LogP contribution in [0.25, 0.3) is 0 Å². The topological polar surface area (TPSA) is 58.4 Å². The minimum atomic E-state index is 0.127. The Morgan fingerprint density at radius 3 is 2.44 bits per heavy atom. The second kappa shape index (κ2) is 9.34. The standard InChI is InChI=1S/C14H31N3O/c1-5-16-13(18)11-17(6-2)10-8-7-9-14(3,4)12-15/h5-12,15H2,1-4H3,(H,16,18). The lowest BCUT2D eigenvalue weighted by atomic mass is 9.87. The molecule has 0 aliphatic carbocycles. The van der Waals surface area contributed by atoms with Crippen molar-refractivity contribution in [2.75, 3.05) is 32.7 Å². The van der Waals surface area contributed by atoms with E-state index in [2.05, 4.69) is 31.0 Å². The Morgan fingerprint density at radius 1 is 1.28 bits per heavy atom. The molecule has 0 aromatic carbocycles. The molecular weight excluding hydrogens is 226 g/mol. The van der Waals surface area contributed by atoms with E-state index in [0.29, 0.717) is 13.1 Å². The molecule has 0 atom stereocenters. The fourth-order valence-electron chi connectivity index (χ4n) is 1.85. The zero-order valence-electron chi connectivity index (χ0n) is 12.6. The number of nitrogens with zero attached hydrogens (tertiary/aromatic N) is 1. The van der Waals surface area contributed by atoms with Crippen LogP contribution in [0.4, 0.5) is 0 Å². The maximum absolute atomic E-state index is 11.5. The van der Waals surface area contributed by atoms with Gasteiger partial charge in [-0.3, -0.25) is 9.69 Å². The second-order valence-electron chi connectivity index (χ2n) is 5.65. The molecule has 3 N–H and O–H groups in total. The molecule has 0 spiro atoms. The first-order chi connectivity index (χ1) is 8.45. The number of nitrogens with one attached hydrogen (secondary N) is 1. The van der Waals surface area contributed by atoms with Crippen LogP contribution >= 0.6 is 0 Å². The fourth-order valence-corrected chi connectivity index (χ4v) is 1.85. The molecule has 0 saturated heterocycles. The van der Waals surface area contributed by atoms with Gasteiger partial charge in [0.1, 0.15) is 0 Å². The number of hydrogen-bond donors (Lipinski definition) is 2. The van der Waals surface area contributed by atoms with Crippen LogP contribution in [0.2, 0.25) is 0 Å². The molecule has 108 valence electrons. The summed E-state index contributed by atoms with van der Waals surface area (Å²) in [7, 11) is 0. The Kier molecular flexibility index (Phi) is 9.02. The molecule has 0 saturated carbocycles. The Bertz CT molecular complexity index is 229. The highest BCUT2D eigenvalue weighted by molar-refractivity contribution is 5.77. The molecule has 0 aromatic heterocycles. The van der Waals surface area contributed by atoms with E-state index in [1.807, 2.05) is 6.92 Å². The predicted octanol–water partition coefficient (Wildman–Crippen LogP) is 1.60. The highest BCUT2D eigenvalue weighted by Gasteiger charge is 2.15. The van der Waals surface area contributed by atoms with Crippen LogP contribution in [-0.2, 0) is 4.79 Å². The van der Waals surface area contributed by atoms with E-state index in [0.717, 1.165) is 32.5 Å². The summed E-state index contributed by atoms with van der Waals surface area (Å²) in [5.74, 6) is 0.127. The third-order valence-electron chi connectivity index (χ3n) is 3.32. The number of hydrogen-bond acceptors (Lipinski definition) is 3. The van der Waals surface area contributed by atoms with Gasteiger partial charge >= 0.3 is 0 Å². The molecule has 0 aliphatic rings. The summed E-state index contributed by atoms with van der Waals surface area (Å²) in [5, 5.41) is 2.84. The van der Waals surface area contributed by atoms with Gasteiger partial charge < -0.3 is 11.1 Å². The number of amides is 1. The van der Waals surface area contributed by atoms with Gasteiger partial charge in [0.2, 0.25) is 5.91 Å². The number of carbonyl (C=O) groups is 1. The van der Waals surface area contributed by atoms with Gasteiger partial charge in [-0.2, -0.15) is 0 Å². The zero-order chi connectivity index (χ0) is 14.0. The number of rotatable bonds is 10. The van der Waals surface area contributed by atoms with E-state index in [1.165, 1.54) is 6.42 Å². The average Bonchev–Trinajstić information content (AvgIpc) is 2.33. The minimum absolute atomic E-state index is 0.127. The van der Waals surface area contributed by atoms with Crippen molar-refractivity contribution in [1.82, 2.24) is 10.2 Å². The molecular formula is C14H31N3O. The molecule has 0 fully saturated rings. The van der Waals surface area contributed by atoms with E-state index in [9.17, 15) is 4.79 Å². The number of nitrogens with two attached hydrogens (primary N) is 1. The van der Waals surface area contributed by atoms with Gasteiger partial charge in [0.15, 0.2) is 0 Å². The van der Waals surface area contributed by atoms with Crippen LogP contribution in [-0.4, -0.2) is 43.5 Å². The monoisotopic (exact) mass is 257 g/mol. The summed E-state index contributed by atoms with van der Waals surface area (Å²) in [6.45, 7) is 12.4. The van der Waals surface area contributed by atoms with Crippen molar-refractivity contribution in [2.45, 2.75) is 47.0 Å². The molecule has 0 heterocycles. The van der Waals surface area contributed by atoms with E-state index in [-0.39, 0.29) is 11.3 Å². The second-order valence-corrected chi connectivity index (χ2v) is 5.65. The van der Waals surface area contributed by atoms with Crippen molar-refractivity contribution >= 4 is 5.91 Å². The van der Waals surface area contributed by atoms with Crippen molar-refractivity contribution in [1.29, 1.82) is 0 Å². The molecule has 0 aromatic rings. The molecule has 0 unspecified atom stereocenters. The first-order valence-electron chi connectivity index (χ1n) is 7.14. The molecule has 0 aliphatic heterocycles. The van der Waals surface area contributed by atoms with Gasteiger partial charge in [0.25, 0.3) is 0 Å². The van der Waals surface area contributed by atoms with E-state index < -0.39 is 0 Å². The molecule has 0 radical (unpaired) electrons. The van der Waals surface area contributed by atoms with Crippen LogP contribution in [0, 0.1) is 5.41 Å². The van der Waals surface area contributed by atoms with Crippen molar-refractivity contribution in [3.05, 3.63) is 0 Å². The van der Waals surface area contributed by atoms with Crippen LogP contribution < -0.4 is 11.1 Å². The van der Waals surface area contributed by atoms with Gasteiger partial charge in [-0.1, -0.05) is 27.2 Å². The molecule has 0 rings (SSSR count). The Hall–Kier alpha value is -0.610. The first kappa shape index (κ1) is 17.4. The highest BCUT2D eigenvalue weighted by Crippen LogP contribution is 2.21. The average molecular weight is 257 g/mol. The summed E-state index contributed by atoms with van der Waals surface area (Å²) in [5.41, 5.74) is 5.96. The summed E-state index contributed by atoms with van der Waals surface area (Å²) in [6.07, 6.45) is 3.47. The summed E-state index contributed by atoms with van der Waals surface area (Å²) in [6, 6.07) is 0. The van der Waals surface area contributed by atoms with Gasteiger partial charge in [0.05, 0.1) is 6.54 Å². The lowest BCUT2D eigenvalue weighted by Crippen LogP contribution is -2.37. The Labute approximate surface area is 112 Å². The van der Waals surface area contributed by atoms with Crippen molar-refractivity contribution in [2.24, 2.45) is 11.1 Å². The van der Waals surface area contributed by atoms with E-state index in [4.69, 9.17) is 5.73 Å². The van der Waals surface area contributed by atoms with Gasteiger partial charge in [-0.25, -0.2) is 0 Å². The lowest BCUT2D eigenvalue weighted by molar-refractivity contribution is -0.122. The SMILES string of the molecule is CCNC(=O)CN(CC)CCCCC(C)(C)CN. The summed E-state index contributed by atoms with van der Waals surface area (Å²) in [4.78, 5) is 13.7. The smallest absolute Gasteiger partial charge is 0.234 e. The lowest BCUT2D eigenvalue weighted by Gasteiger charge is -2.23. The molecule has 18 heavy (non-hydrogen) atoms.